The normalized spacial score (nSPS) is 28.0. The van der Waals surface area contributed by atoms with Gasteiger partial charge in [0, 0.05) is 42.5 Å². The highest BCUT2D eigenvalue weighted by molar-refractivity contribution is 7.89. The summed E-state index contributed by atoms with van der Waals surface area (Å²) >= 11 is 0. The van der Waals surface area contributed by atoms with Crippen molar-refractivity contribution in [3.8, 4) is 0 Å². The smallest absolute Gasteiger partial charge is 0.248 e. The van der Waals surface area contributed by atoms with Crippen LogP contribution < -0.4 is 10.6 Å². The number of likely N-dealkylation sites (tertiary alicyclic amines) is 1. The van der Waals surface area contributed by atoms with Gasteiger partial charge in [-0.15, -0.1) is 0 Å². The molecule has 0 aliphatic carbocycles. The Kier molecular flexibility index (Phi) is 6.91. The van der Waals surface area contributed by atoms with Gasteiger partial charge >= 0.3 is 0 Å². The molecule has 192 valence electrons. The maximum absolute atomic E-state index is 13.5. The lowest BCUT2D eigenvalue weighted by Gasteiger charge is -2.42. The van der Waals surface area contributed by atoms with Crippen LogP contribution >= 0.6 is 0 Å². The van der Waals surface area contributed by atoms with Crippen molar-refractivity contribution in [2.45, 2.75) is 69.5 Å². The number of piperidine rings is 2. The van der Waals surface area contributed by atoms with Crippen molar-refractivity contribution >= 4 is 27.5 Å². The molecule has 0 spiro atoms. The number of aliphatic hydroxyl groups excluding tert-OH is 1. The number of primary amides is 1. The van der Waals surface area contributed by atoms with Crippen LogP contribution in [-0.2, 0) is 21.2 Å². The van der Waals surface area contributed by atoms with Crippen LogP contribution in [0, 0.1) is 5.92 Å². The Hall–Kier alpha value is -2.01. The lowest BCUT2D eigenvalue weighted by molar-refractivity contribution is -0.118. The van der Waals surface area contributed by atoms with Crippen LogP contribution in [-0.4, -0.2) is 84.7 Å². The summed E-state index contributed by atoms with van der Waals surface area (Å²) in [4.78, 5) is 28.6. The Labute approximate surface area is 207 Å². The molecule has 0 radical (unpaired) electrons. The molecule has 3 fully saturated rings. The Balaban J connectivity index is 1.24. The van der Waals surface area contributed by atoms with Crippen molar-refractivity contribution in [2.75, 3.05) is 36.9 Å². The molecule has 10 heteroatoms. The largest absolute Gasteiger partial charge is 0.396 e. The van der Waals surface area contributed by atoms with Gasteiger partial charge in [0.25, 0.3) is 0 Å². The van der Waals surface area contributed by atoms with Crippen LogP contribution in [0.1, 0.15) is 60.9 Å². The molecular weight excluding hydrogens is 468 g/mol. The third kappa shape index (κ3) is 4.85. The van der Waals surface area contributed by atoms with Gasteiger partial charge in [0.15, 0.2) is 0 Å². The predicted molar refractivity (Wildman–Crippen MR) is 132 cm³/mol. The van der Waals surface area contributed by atoms with Crippen molar-refractivity contribution in [3.05, 3.63) is 29.3 Å². The number of fused-ring (bicyclic) bond motifs is 3. The molecule has 4 aliphatic heterocycles. The number of carbonyl (C=O) groups is 2. The highest BCUT2D eigenvalue weighted by Gasteiger charge is 2.50. The van der Waals surface area contributed by atoms with E-state index in [9.17, 15) is 18.0 Å². The summed E-state index contributed by atoms with van der Waals surface area (Å²) in [5.41, 5.74) is 7.45. The van der Waals surface area contributed by atoms with E-state index < -0.39 is 15.9 Å². The number of sulfonamides is 1. The first-order chi connectivity index (χ1) is 16.8. The van der Waals surface area contributed by atoms with E-state index in [1.807, 2.05) is 4.90 Å². The molecule has 0 saturated carbocycles. The molecule has 2 bridgehead atoms. The zero-order chi connectivity index (χ0) is 24.7. The number of hydrogen-bond donors (Lipinski definition) is 2. The Morgan fingerprint density at radius 2 is 1.74 bits per heavy atom. The van der Waals surface area contributed by atoms with Gasteiger partial charge in [0.2, 0.25) is 21.8 Å². The van der Waals surface area contributed by atoms with Gasteiger partial charge in [0.1, 0.15) is 0 Å². The second kappa shape index (κ2) is 9.80. The van der Waals surface area contributed by atoms with E-state index in [1.54, 1.807) is 22.5 Å². The molecule has 4 heterocycles. The summed E-state index contributed by atoms with van der Waals surface area (Å²) in [6.45, 7) is 2.85. The number of hydrogen-bond acceptors (Lipinski definition) is 6. The zero-order valence-corrected chi connectivity index (χ0v) is 21.0. The predicted octanol–water partition coefficient (Wildman–Crippen LogP) is 1.09. The van der Waals surface area contributed by atoms with Gasteiger partial charge in [-0.1, -0.05) is 0 Å². The van der Waals surface area contributed by atoms with Crippen molar-refractivity contribution < 1.29 is 23.1 Å². The van der Waals surface area contributed by atoms with E-state index >= 15 is 0 Å². The van der Waals surface area contributed by atoms with Gasteiger partial charge in [-0.2, -0.15) is 4.31 Å². The molecule has 5 rings (SSSR count). The Bertz CT molecular complexity index is 1070. The molecule has 1 aromatic rings. The minimum Gasteiger partial charge on any atom is -0.396 e. The monoisotopic (exact) mass is 504 g/mol. The number of aliphatic hydroxyl groups is 1. The first kappa shape index (κ1) is 24.7. The molecule has 2 amide bonds. The SMILES string of the molecule is NC(=O)c1ccc2c(c1)CC(=O)N2C1CC2CCC(C1)N2S(=O)(=O)CC1CCN(CCCO)CC1. The summed E-state index contributed by atoms with van der Waals surface area (Å²) < 4.78 is 28.8. The molecule has 1 aromatic carbocycles. The van der Waals surface area contributed by atoms with E-state index in [-0.39, 0.29) is 48.7 Å². The summed E-state index contributed by atoms with van der Waals surface area (Å²) in [5.74, 6) is -0.116. The van der Waals surface area contributed by atoms with E-state index in [0.717, 1.165) is 63.0 Å². The average molecular weight is 505 g/mol. The molecule has 9 nitrogen and oxygen atoms in total. The number of nitrogens with two attached hydrogens (primary N) is 1. The van der Waals surface area contributed by atoms with Crippen LogP contribution in [0.5, 0.6) is 0 Å². The fourth-order valence-corrected chi connectivity index (χ4v) is 9.12. The van der Waals surface area contributed by atoms with Gasteiger partial charge in [-0.05, 0) is 87.7 Å². The second-order valence-electron chi connectivity index (χ2n) is 10.6. The number of amides is 2. The summed E-state index contributed by atoms with van der Waals surface area (Å²) in [6.07, 6.45) is 5.76. The molecule has 3 saturated heterocycles. The van der Waals surface area contributed by atoms with Gasteiger partial charge in [-0.25, -0.2) is 8.42 Å². The fourth-order valence-electron chi connectivity index (χ4n) is 6.72. The third-order valence-electron chi connectivity index (χ3n) is 8.35. The first-order valence-corrected chi connectivity index (χ1v) is 14.5. The molecule has 0 aromatic heterocycles. The van der Waals surface area contributed by atoms with Crippen molar-refractivity contribution in [1.29, 1.82) is 0 Å². The highest BCUT2D eigenvalue weighted by atomic mass is 32.2. The molecule has 2 unspecified atom stereocenters. The van der Waals surface area contributed by atoms with Crippen molar-refractivity contribution in [3.63, 3.8) is 0 Å². The zero-order valence-electron chi connectivity index (χ0n) is 20.1. The summed E-state index contributed by atoms with van der Waals surface area (Å²) in [6, 6.07) is 5.03. The molecule has 35 heavy (non-hydrogen) atoms. The van der Waals surface area contributed by atoms with Crippen LogP contribution in [0.15, 0.2) is 18.2 Å². The van der Waals surface area contributed by atoms with Gasteiger partial charge in [-0.3, -0.25) is 9.59 Å². The van der Waals surface area contributed by atoms with Crippen LogP contribution in [0.4, 0.5) is 5.69 Å². The maximum atomic E-state index is 13.5. The van der Waals surface area contributed by atoms with E-state index in [4.69, 9.17) is 10.8 Å². The van der Waals surface area contributed by atoms with Gasteiger partial charge in [0.05, 0.1) is 12.2 Å². The number of nitrogens with zero attached hydrogens (tertiary/aromatic N) is 3. The third-order valence-corrected chi connectivity index (χ3v) is 10.5. The Morgan fingerprint density at radius 3 is 2.37 bits per heavy atom. The summed E-state index contributed by atoms with van der Waals surface area (Å²) in [5, 5.41) is 9.03. The number of rotatable bonds is 8. The van der Waals surface area contributed by atoms with Crippen LogP contribution in [0.2, 0.25) is 0 Å². The van der Waals surface area contributed by atoms with E-state index in [2.05, 4.69) is 4.90 Å². The number of benzene rings is 1. The maximum Gasteiger partial charge on any atom is 0.248 e. The quantitative estimate of drug-likeness (QED) is 0.546. The lowest BCUT2D eigenvalue weighted by Crippen LogP contribution is -2.54. The van der Waals surface area contributed by atoms with Crippen LogP contribution in [0.3, 0.4) is 0 Å². The standard InChI is InChI=1S/C25H36N4O5S/c26-25(32)18-2-5-23-19(12-18)13-24(31)28(23)22-14-20-3-4-21(15-22)29(20)35(33,34)16-17-6-9-27(10-7-17)8-1-11-30/h2,5,12,17,20-22,30H,1,3-4,6-11,13-16H2,(H2,26,32). The van der Waals surface area contributed by atoms with Crippen LogP contribution in [0.25, 0.3) is 0 Å². The topological polar surface area (TPSA) is 124 Å². The number of carbonyl (C=O) groups excluding carboxylic acids is 2. The first-order valence-electron chi connectivity index (χ1n) is 12.9. The summed E-state index contributed by atoms with van der Waals surface area (Å²) in [7, 11) is -3.37. The molecule has 3 N–H and O–H groups in total. The average Bonchev–Trinajstić information content (AvgIpc) is 3.31. The van der Waals surface area contributed by atoms with E-state index in [0.29, 0.717) is 18.4 Å². The highest BCUT2D eigenvalue weighted by Crippen LogP contribution is 2.43. The lowest BCUT2D eigenvalue weighted by atomic mass is 9.97. The minimum atomic E-state index is -3.37. The number of anilines is 1. The molecule has 4 aliphatic rings. The van der Waals surface area contributed by atoms with E-state index in [1.165, 1.54) is 0 Å². The second-order valence-corrected chi connectivity index (χ2v) is 12.5. The molecular formula is C25H36N4O5S. The van der Waals surface area contributed by atoms with Gasteiger partial charge < -0.3 is 20.6 Å². The van der Waals surface area contributed by atoms with Crippen molar-refractivity contribution in [2.24, 2.45) is 11.7 Å². The fraction of sp³-hybridized carbons (Fsp3) is 0.680. The van der Waals surface area contributed by atoms with Crippen molar-refractivity contribution in [1.82, 2.24) is 9.21 Å². The molecule has 2 atom stereocenters. The minimum absolute atomic E-state index is 0.00952. The Morgan fingerprint density at radius 1 is 1.06 bits per heavy atom.